The number of aromatic nitrogens is 2. The van der Waals surface area contributed by atoms with Crippen molar-refractivity contribution in [3.8, 4) is 0 Å². The number of hydrogen-bond donors (Lipinski definition) is 1. The number of nitrogens with zero attached hydrogens (tertiary/aromatic N) is 3. The Morgan fingerprint density at radius 2 is 2.17 bits per heavy atom. The van der Waals surface area contributed by atoms with Gasteiger partial charge in [-0.3, -0.25) is 4.98 Å². The van der Waals surface area contributed by atoms with E-state index in [0.29, 0.717) is 12.6 Å². The Labute approximate surface area is 110 Å². The highest BCUT2D eigenvalue weighted by molar-refractivity contribution is 5.37. The normalized spacial score (nSPS) is 12.4. The fourth-order valence-corrected chi connectivity index (χ4v) is 1.90. The van der Waals surface area contributed by atoms with Crippen LogP contribution in [0.3, 0.4) is 0 Å². The van der Waals surface area contributed by atoms with Crippen LogP contribution in [-0.4, -0.2) is 42.8 Å². The van der Waals surface area contributed by atoms with Crippen LogP contribution in [0.2, 0.25) is 0 Å². The molecule has 5 nitrogen and oxygen atoms in total. The molecule has 18 heavy (non-hydrogen) atoms. The molecule has 0 saturated carbocycles. The van der Waals surface area contributed by atoms with Gasteiger partial charge < -0.3 is 15.0 Å². The summed E-state index contributed by atoms with van der Waals surface area (Å²) in [6.45, 7) is 9.60. The zero-order valence-electron chi connectivity index (χ0n) is 11.8. The Morgan fingerprint density at radius 3 is 2.78 bits per heavy atom. The van der Waals surface area contributed by atoms with E-state index in [9.17, 15) is 0 Å². The molecule has 1 aromatic heterocycles. The molecule has 1 atom stereocenters. The molecule has 0 aliphatic rings. The molecule has 5 heteroatoms. The molecule has 0 aliphatic heterocycles. The molecule has 1 aromatic rings. The number of methoxy groups -OCH3 is 1. The zero-order valence-corrected chi connectivity index (χ0v) is 11.8. The third-order valence-corrected chi connectivity index (χ3v) is 2.80. The number of likely N-dealkylation sites (N-methyl/N-ethyl adjacent to an activating group) is 1. The topological polar surface area (TPSA) is 50.3 Å². The van der Waals surface area contributed by atoms with Crippen molar-refractivity contribution in [2.75, 3.05) is 31.7 Å². The van der Waals surface area contributed by atoms with E-state index in [0.717, 1.165) is 31.1 Å². The first-order valence-corrected chi connectivity index (χ1v) is 6.50. The first-order valence-electron chi connectivity index (χ1n) is 6.50. The molecular weight excluding hydrogens is 228 g/mol. The van der Waals surface area contributed by atoms with Crippen molar-refractivity contribution in [1.82, 2.24) is 15.3 Å². The summed E-state index contributed by atoms with van der Waals surface area (Å²) in [6.07, 6.45) is 3.62. The Morgan fingerprint density at radius 1 is 1.39 bits per heavy atom. The third kappa shape index (κ3) is 4.23. The summed E-state index contributed by atoms with van der Waals surface area (Å²) in [6, 6.07) is 0.295. The number of ether oxygens (including phenoxy) is 1. The lowest BCUT2D eigenvalue weighted by Crippen LogP contribution is -2.37. The number of hydrogen-bond acceptors (Lipinski definition) is 5. The molecule has 1 unspecified atom stereocenters. The van der Waals surface area contributed by atoms with Crippen molar-refractivity contribution in [3.63, 3.8) is 0 Å². The van der Waals surface area contributed by atoms with Crippen LogP contribution in [0.15, 0.2) is 12.4 Å². The van der Waals surface area contributed by atoms with Crippen LogP contribution in [0.1, 0.15) is 26.5 Å². The predicted octanol–water partition coefficient (Wildman–Crippen LogP) is 1.45. The molecule has 0 bridgehead atoms. The predicted molar refractivity (Wildman–Crippen MR) is 73.8 cm³/mol. The van der Waals surface area contributed by atoms with Gasteiger partial charge in [0.15, 0.2) is 0 Å². The van der Waals surface area contributed by atoms with Crippen LogP contribution in [-0.2, 0) is 11.3 Å². The van der Waals surface area contributed by atoms with Gasteiger partial charge in [-0.2, -0.15) is 0 Å². The van der Waals surface area contributed by atoms with Gasteiger partial charge in [-0.1, -0.05) is 6.92 Å². The molecule has 1 heterocycles. The summed E-state index contributed by atoms with van der Waals surface area (Å²) >= 11 is 0. The standard InChI is InChI=1S/C13H24N4O/c1-5-14-7-12-8-15-9-13(16-12)17(6-2)11(3)10-18-4/h8-9,11,14H,5-7,10H2,1-4H3. The highest BCUT2D eigenvalue weighted by atomic mass is 16.5. The highest BCUT2D eigenvalue weighted by Crippen LogP contribution is 2.13. The average Bonchev–Trinajstić information content (AvgIpc) is 2.38. The third-order valence-electron chi connectivity index (χ3n) is 2.80. The summed E-state index contributed by atoms with van der Waals surface area (Å²) in [5.41, 5.74) is 0.970. The van der Waals surface area contributed by atoms with Gasteiger partial charge in [-0.05, 0) is 20.4 Å². The molecule has 0 amide bonds. The Balaban J connectivity index is 2.78. The maximum absolute atomic E-state index is 5.20. The van der Waals surface area contributed by atoms with Gasteiger partial charge in [0.05, 0.1) is 24.5 Å². The lowest BCUT2D eigenvalue weighted by atomic mass is 10.3. The summed E-state index contributed by atoms with van der Waals surface area (Å²) in [4.78, 5) is 11.1. The molecule has 1 rings (SSSR count). The van der Waals surface area contributed by atoms with Crippen LogP contribution in [0, 0.1) is 0 Å². The molecular formula is C13H24N4O. The van der Waals surface area contributed by atoms with Gasteiger partial charge in [0.2, 0.25) is 0 Å². The van der Waals surface area contributed by atoms with Crippen molar-refractivity contribution in [1.29, 1.82) is 0 Å². The van der Waals surface area contributed by atoms with Crippen LogP contribution in [0.4, 0.5) is 5.82 Å². The van der Waals surface area contributed by atoms with Gasteiger partial charge in [-0.15, -0.1) is 0 Å². The summed E-state index contributed by atoms with van der Waals surface area (Å²) in [5, 5.41) is 3.26. The molecule has 0 fully saturated rings. The van der Waals surface area contributed by atoms with Crippen LogP contribution >= 0.6 is 0 Å². The fourth-order valence-electron chi connectivity index (χ4n) is 1.90. The van der Waals surface area contributed by atoms with E-state index < -0.39 is 0 Å². The van der Waals surface area contributed by atoms with E-state index in [2.05, 4.69) is 41.0 Å². The van der Waals surface area contributed by atoms with Crippen molar-refractivity contribution in [2.24, 2.45) is 0 Å². The first-order chi connectivity index (χ1) is 8.72. The Bertz CT molecular complexity index is 346. The zero-order chi connectivity index (χ0) is 13.4. The van der Waals surface area contributed by atoms with Gasteiger partial charge in [0, 0.05) is 26.4 Å². The smallest absolute Gasteiger partial charge is 0.147 e. The summed E-state index contributed by atoms with van der Waals surface area (Å²) in [7, 11) is 1.72. The maximum atomic E-state index is 5.20. The monoisotopic (exact) mass is 252 g/mol. The van der Waals surface area contributed by atoms with Crippen molar-refractivity contribution < 1.29 is 4.74 Å². The minimum absolute atomic E-state index is 0.295. The molecule has 0 spiro atoms. The van der Waals surface area contributed by atoms with E-state index in [1.165, 1.54) is 0 Å². The number of anilines is 1. The lowest BCUT2D eigenvalue weighted by molar-refractivity contribution is 0.181. The molecule has 1 N–H and O–H groups in total. The van der Waals surface area contributed by atoms with Gasteiger partial charge in [0.25, 0.3) is 0 Å². The molecule has 102 valence electrons. The Hall–Kier alpha value is -1.20. The minimum Gasteiger partial charge on any atom is -0.383 e. The van der Waals surface area contributed by atoms with E-state index in [-0.39, 0.29) is 0 Å². The first kappa shape index (κ1) is 14.9. The largest absolute Gasteiger partial charge is 0.383 e. The summed E-state index contributed by atoms with van der Waals surface area (Å²) < 4.78 is 5.20. The second kappa shape index (κ2) is 8.00. The van der Waals surface area contributed by atoms with Crippen LogP contribution < -0.4 is 10.2 Å². The van der Waals surface area contributed by atoms with Crippen LogP contribution in [0.25, 0.3) is 0 Å². The van der Waals surface area contributed by atoms with Crippen molar-refractivity contribution in [3.05, 3.63) is 18.1 Å². The number of rotatable bonds is 8. The second-order valence-corrected chi connectivity index (χ2v) is 4.24. The van der Waals surface area contributed by atoms with Crippen molar-refractivity contribution >= 4 is 5.82 Å². The highest BCUT2D eigenvalue weighted by Gasteiger charge is 2.14. The van der Waals surface area contributed by atoms with Crippen LogP contribution in [0.5, 0.6) is 0 Å². The van der Waals surface area contributed by atoms with E-state index in [1.807, 2.05) is 6.20 Å². The van der Waals surface area contributed by atoms with E-state index in [1.54, 1.807) is 13.3 Å². The van der Waals surface area contributed by atoms with Gasteiger partial charge >= 0.3 is 0 Å². The van der Waals surface area contributed by atoms with E-state index >= 15 is 0 Å². The average molecular weight is 252 g/mol. The van der Waals surface area contributed by atoms with Gasteiger partial charge in [-0.25, -0.2) is 4.98 Å². The lowest BCUT2D eigenvalue weighted by Gasteiger charge is -2.28. The maximum Gasteiger partial charge on any atom is 0.147 e. The van der Waals surface area contributed by atoms with E-state index in [4.69, 9.17) is 4.74 Å². The van der Waals surface area contributed by atoms with Crippen molar-refractivity contribution in [2.45, 2.75) is 33.4 Å². The fraction of sp³-hybridized carbons (Fsp3) is 0.692. The number of nitrogens with one attached hydrogen (secondary N) is 1. The summed E-state index contributed by atoms with van der Waals surface area (Å²) in [5.74, 6) is 0.914. The molecule has 0 aromatic carbocycles. The molecule has 0 saturated heterocycles. The SMILES string of the molecule is CCNCc1cncc(N(CC)C(C)COC)n1. The molecule has 0 aliphatic carbocycles. The minimum atomic E-state index is 0.295. The quantitative estimate of drug-likeness (QED) is 0.759. The Kier molecular flexibility index (Phi) is 6.60. The second-order valence-electron chi connectivity index (χ2n) is 4.24. The van der Waals surface area contributed by atoms with Gasteiger partial charge in [0.1, 0.15) is 5.82 Å². The molecule has 0 radical (unpaired) electrons.